The highest BCUT2D eigenvalue weighted by Gasteiger charge is 2.13. The predicted octanol–water partition coefficient (Wildman–Crippen LogP) is 3.06. The number of hydrogen-bond donors (Lipinski definition) is 1. The summed E-state index contributed by atoms with van der Waals surface area (Å²) in [6.45, 7) is 1.91. The molecule has 0 bridgehead atoms. The molecule has 0 spiro atoms. The molecule has 90 valence electrons. The summed E-state index contributed by atoms with van der Waals surface area (Å²) in [7, 11) is 0. The lowest BCUT2D eigenvalue weighted by molar-refractivity contribution is -0.108. The van der Waals surface area contributed by atoms with Crippen LogP contribution in [0.1, 0.15) is 29.4 Å². The summed E-state index contributed by atoms with van der Waals surface area (Å²) in [4.78, 5) is 22.9. The molecule has 1 amide bonds. The van der Waals surface area contributed by atoms with Crippen molar-refractivity contribution in [3.8, 4) is 0 Å². The SMILES string of the molecule is C[C@H](CCC=O)NC(=O)c1cc2ccsc2s1. The van der Waals surface area contributed by atoms with Crippen molar-refractivity contribution >= 4 is 44.3 Å². The molecule has 5 heteroatoms. The van der Waals surface area contributed by atoms with E-state index in [9.17, 15) is 9.59 Å². The molecular weight excluding hydrogens is 254 g/mol. The highest BCUT2D eigenvalue weighted by Crippen LogP contribution is 2.30. The second-order valence-corrected chi connectivity index (χ2v) is 6.12. The molecule has 0 aromatic carbocycles. The third-order valence-electron chi connectivity index (χ3n) is 2.47. The van der Waals surface area contributed by atoms with Crippen LogP contribution in [0, 0.1) is 0 Å². The van der Waals surface area contributed by atoms with Gasteiger partial charge in [0.15, 0.2) is 0 Å². The fourth-order valence-electron chi connectivity index (χ4n) is 1.56. The van der Waals surface area contributed by atoms with Crippen molar-refractivity contribution in [3.05, 3.63) is 22.4 Å². The molecule has 0 aliphatic carbocycles. The van der Waals surface area contributed by atoms with Crippen LogP contribution in [0.25, 0.3) is 9.40 Å². The van der Waals surface area contributed by atoms with E-state index in [1.165, 1.54) is 15.4 Å². The summed E-state index contributed by atoms with van der Waals surface area (Å²) in [5, 5.41) is 6.05. The summed E-state index contributed by atoms with van der Waals surface area (Å²) in [5.74, 6) is -0.0446. The molecule has 2 heterocycles. The molecule has 1 N–H and O–H groups in total. The van der Waals surface area contributed by atoms with Gasteiger partial charge < -0.3 is 10.1 Å². The molecular formula is C12H13NO2S2. The topological polar surface area (TPSA) is 46.2 Å². The highest BCUT2D eigenvalue weighted by molar-refractivity contribution is 7.38. The van der Waals surface area contributed by atoms with Gasteiger partial charge in [-0.15, -0.1) is 22.7 Å². The van der Waals surface area contributed by atoms with Crippen LogP contribution in [0.15, 0.2) is 17.5 Å². The van der Waals surface area contributed by atoms with Gasteiger partial charge in [0.2, 0.25) is 0 Å². The van der Waals surface area contributed by atoms with E-state index in [4.69, 9.17) is 0 Å². The van der Waals surface area contributed by atoms with E-state index < -0.39 is 0 Å². The van der Waals surface area contributed by atoms with Crippen molar-refractivity contribution in [1.82, 2.24) is 5.32 Å². The lowest BCUT2D eigenvalue weighted by atomic mass is 10.2. The minimum absolute atomic E-state index is 0.0350. The zero-order valence-electron chi connectivity index (χ0n) is 9.43. The minimum Gasteiger partial charge on any atom is -0.349 e. The van der Waals surface area contributed by atoms with Gasteiger partial charge in [0.25, 0.3) is 5.91 Å². The molecule has 17 heavy (non-hydrogen) atoms. The number of fused-ring (bicyclic) bond motifs is 1. The van der Waals surface area contributed by atoms with Crippen molar-refractivity contribution in [1.29, 1.82) is 0 Å². The second-order valence-electron chi connectivity index (χ2n) is 3.89. The molecule has 1 atom stereocenters. The Balaban J connectivity index is 2.00. The van der Waals surface area contributed by atoms with Crippen LogP contribution in [-0.4, -0.2) is 18.2 Å². The van der Waals surface area contributed by atoms with Gasteiger partial charge in [0.05, 0.1) is 8.89 Å². The van der Waals surface area contributed by atoms with Crippen molar-refractivity contribution in [2.75, 3.05) is 0 Å². The van der Waals surface area contributed by atoms with Crippen molar-refractivity contribution in [2.24, 2.45) is 0 Å². The molecule has 0 saturated carbocycles. The molecule has 0 saturated heterocycles. The molecule has 2 aromatic rings. The van der Waals surface area contributed by atoms with E-state index >= 15 is 0 Å². The zero-order chi connectivity index (χ0) is 12.3. The average molecular weight is 267 g/mol. The first-order chi connectivity index (χ1) is 8.20. The number of amides is 1. The van der Waals surface area contributed by atoms with E-state index in [1.54, 1.807) is 11.3 Å². The van der Waals surface area contributed by atoms with Crippen LogP contribution >= 0.6 is 22.7 Å². The van der Waals surface area contributed by atoms with Crippen LogP contribution in [0.4, 0.5) is 0 Å². The Morgan fingerprint density at radius 1 is 1.59 bits per heavy atom. The largest absolute Gasteiger partial charge is 0.349 e. The standard InChI is InChI=1S/C12H13NO2S2/c1-8(3-2-5-14)13-11(15)10-7-9-4-6-16-12(9)17-10/h4-8H,2-3H2,1H3,(H,13,15)/t8-/m1/s1. The third-order valence-corrected chi connectivity index (χ3v) is 4.67. The summed E-state index contributed by atoms with van der Waals surface area (Å²) in [6.07, 6.45) is 2.06. The fraction of sp³-hybridized carbons (Fsp3) is 0.333. The molecule has 2 rings (SSSR count). The molecule has 0 fully saturated rings. The maximum absolute atomic E-state index is 11.9. The van der Waals surface area contributed by atoms with E-state index in [-0.39, 0.29) is 11.9 Å². The molecule has 0 unspecified atom stereocenters. The second kappa shape index (κ2) is 5.42. The normalized spacial score (nSPS) is 12.5. The number of nitrogens with one attached hydrogen (secondary N) is 1. The zero-order valence-corrected chi connectivity index (χ0v) is 11.1. The van der Waals surface area contributed by atoms with Gasteiger partial charge in [-0.1, -0.05) is 0 Å². The van der Waals surface area contributed by atoms with Crippen LogP contribution < -0.4 is 5.32 Å². The Morgan fingerprint density at radius 2 is 2.41 bits per heavy atom. The van der Waals surface area contributed by atoms with E-state index in [0.29, 0.717) is 12.8 Å². The van der Waals surface area contributed by atoms with Gasteiger partial charge in [-0.05, 0) is 30.9 Å². The third kappa shape index (κ3) is 2.92. The first kappa shape index (κ1) is 12.3. The Labute approximate surface area is 107 Å². The van der Waals surface area contributed by atoms with E-state index in [2.05, 4.69) is 5.32 Å². The van der Waals surface area contributed by atoms with Gasteiger partial charge in [-0.25, -0.2) is 0 Å². The number of aldehydes is 1. The number of rotatable bonds is 5. The fourth-order valence-corrected chi connectivity index (χ4v) is 3.57. The Hall–Kier alpha value is -1.20. The van der Waals surface area contributed by atoms with Gasteiger partial charge in [-0.3, -0.25) is 4.79 Å². The van der Waals surface area contributed by atoms with Crippen molar-refractivity contribution in [2.45, 2.75) is 25.8 Å². The van der Waals surface area contributed by atoms with Crippen molar-refractivity contribution < 1.29 is 9.59 Å². The lowest BCUT2D eigenvalue weighted by Gasteiger charge is -2.10. The van der Waals surface area contributed by atoms with Crippen LogP contribution in [0.2, 0.25) is 0 Å². The summed E-state index contributed by atoms with van der Waals surface area (Å²) in [6, 6.07) is 3.97. The Bertz CT molecular complexity index is 501. The molecule has 2 aromatic heterocycles. The van der Waals surface area contributed by atoms with E-state index in [0.717, 1.165) is 16.5 Å². The molecule has 0 radical (unpaired) electrons. The van der Waals surface area contributed by atoms with E-state index in [1.807, 2.05) is 24.4 Å². The van der Waals surface area contributed by atoms with Crippen LogP contribution in [0.3, 0.4) is 0 Å². The van der Waals surface area contributed by atoms with Crippen molar-refractivity contribution in [3.63, 3.8) is 0 Å². The number of thiophene rings is 2. The summed E-state index contributed by atoms with van der Waals surface area (Å²) in [5.41, 5.74) is 0. The highest BCUT2D eigenvalue weighted by atomic mass is 32.2. The summed E-state index contributed by atoms with van der Waals surface area (Å²) < 4.78 is 1.18. The number of carbonyl (C=O) groups is 2. The van der Waals surface area contributed by atoms with Gasteiger partial charge in [-0.2, -0.15) is 0 Å². The van der Waals surface area contributed by atoms with Crippen LogP contribution in [0.5, 0.6) is 0 Å². The van der Waals surface area contributed by atoms with Gasteiger partial charge >= 0.3 is 0 Å². The first-order valence-corrected chi connectivity index (χ1v) is 7.12. The number of carbonyl (C=O) groups excluding carboxylic acids is 2. The van der Waals surface area contributed by atoms with Gasteiger partial charge in [0, 0.05) is 17.8 Å². The van der Waals surface area contributed by atoms with Gasteiger partial charge in [0.1, 0.15) is 6.29 Å². The monoisotopic (exact) mass is 267 g/mol. The van der Waals surface area contributed by atoms with Crippen LogP contribution in [-0.2, 0) is 4.79 Å². The first-order valence-electron chi connectivity index (χ1n) is 5.42. The predicted molar refractivity (Wildman–Crippen MR) is 71.9 cm³/mol. The smallest absolute Gasteiger partial charge is 0.261 e. The molecule has 0 aliphatic rings. The maximum Gasteiger partial charge on any atom is 0.261 e. The Kier molecular flexibility index (Phi) is 3.91. The molecule has 3 nitrogen and oxygen atoms in total. The minimum atomic E-state index is -0.0446. The number of hydrogen-bond acceptors (Lipinski definition) is 4. The quantitative estimate of drug-likeness (QED) is 0.846. The Morgan fingerprint density at radius 3 is 3.12 bits per heavy atom. The maximum atomic E-state index is 11.9. The summed E-state index contributed by atoms with van der Waals surface area (Å²) >= 11 is 3.17. The average Bonchev–Trinajstić information content (AvgIpc) is 2.86. The lowest BCUT2D eigenvalue weighted by Crippen LogP contribution is -2.31. The molecule has 0 aliphatic heterocycles.